The van der Waals surface area contributed by atoms with Gasteiger partial charge in [-0.25, -0.2) is 0 Å². The van der Waals surface area contributed by atoms with Crippen molar-refractivity contribution in [3.8, 4) is 22.5 Å². The van der Waals surface area contributed by atoms with Gasteiger partial charge >= 0.3 is 0 Å². The maximum atomic E-state index is 2.49. The molecule has 0 aliphatic heterocycles. The van der Waals surface area contributed by atoms with Crippen molar-refractivity contribution in [3.05, 3.63) is 157 Å². The van der Waals surface area contributed by atoms with Crippen LogP contribution in [0.1, 0.15) is 25.3 Å². The Morgan fingerprint density at radius 3 is 1.80 bits per heavy atom. The van der Waals surface area contributed by atoms with E-state index in [-0.39, 0.29) is 0 Å². The zero-order chi connectivity index (χ0) is 32.5. The Kier molecular flexibility index (Phi) is 6.50. The highest BCUT2D eigenvalue weighted by Gasteiger charge is 2.18. The molecule has 0 bridgehead atoms. The van der Waals surface area contributed by atoms with Crippen LogP contribution >= 0.6 is 11.3 Å². The number of rotatable bonds is 6. The first-order valence-corrected chi connectivity index (χ1v) is 18.2. The number of aryl methyl sites for hydroxylation is 1. The molecule has 0 radical (unpaired) electrons. The molecular weight excluding hydrogens is 613 g/mol. The van der Waals surface area contributed by atoms with Crippen LogP contribution in [0.4, 0.5) is 0 Å². The molecule has 0 N–H and O–H groups in total. The zero-order valence-electron chi connectivity index (χ0n) is 27.4. The van der Waals surface area contributed by atoms with Gasteiger partial charge in [0.2, 0.25) is 0 Å². The molecule has 49 heavy (non-hydrogen) atoms. The highest BCUT2D eigenvalue weighted by Crippen LogP contribution is 2.42. The van der Waals surface area contributed by atoms with E-state index < -0.39 is 0 Å². The third-order valence-electron chi connectivity index (χ3n) is 10.3. The fourth-order valence-electron chi connectivity index (χ4n) is 7.96. The van der Waals surface area contributed by atoms with Crippen LogP contribution in [-0.4, -0.2) is 9.13 Å². The topological polar surface area (TPSA) is 9.86 Å². The van der Waals surface area contributed by atoms with Crippen molar-refractivity contribution in [2.45, 2.75) is 26.2 Å². The monoisotopic (exact) mass is 646 g/mol. The van der Waals surface area contributed by atoms with E-state index in [0.717, 1.165) is 6.42 Å². The van der Waals surface area contributed by atoms with Gasteiger partial charge in [-0.1, -0.05) is 98.3 Å². The third kappa shape index (κ3) is 4.39. The molecule has 0 spiro atoms. The van der Waals surface area contributed by atoms with E-state index in [0.29, 0.717) is 0 Å². The van der Waals surface area contributed by atoms with E-state index in [4.69, 9.17) is 0 Å². The van der Waals surface area contributed by atoms with Gasteiger partial charge in [0.15, 0.2) is 0 Å². The number of hydrogen-bond donors (Lipinski definition) is 0. The average Bonchev–Trinajstić information content (AvgIpc) is 3.81. The molecule has 0 aliphatic rings. The molecule has 0 aliphatic carbocycles. The van der Waals surface area contributed by atoms with E-state index in [2.05, 4.69) is 168 Å². The van der Waals surface area contributed by atoms with Gasteiger partial charge in [0, 0.05) is 42.7 Å². The number of aromatic nitrogens is 2. The summed E-state index contributed by atoms with van der Waals surface area (Å²) in [4.78, 5) is 0. The lowest BCUT2D eigenvalue weighted by atomic mass is 10.0. The number of fused-ring (bicyclic) bond motifs is 9. The predicted octanol–water partition coefficient (Wildman–Crippen LogP) is 13.3. The Balaban J connectivity index is 1.16. The van der Waals surface area contributed by atoms with Crippen LogP contribution in [0.25, 0.3) is 86.3 Å². The van der Waals surface area contributed by atoms with Crippen LogP contribution in [0.3, 0.4) is 0 Å². The number of benzene rings is 7. The first kappa shape index (κ1) is 28.4. The number of unbranched alkanes of at least 4 members (excludes halogenated alkanes) is 1. The van der Waals surface area contributed by atoms with E-state index >= 15 is 0 Å². The Morgan fingerprint density at radius 1 is 0.469 bits per heavy atom. The first-order chi connectivity index (χ1) is 24.3. The normalized spacial score (nSPS) is 12.0. The largest absolute Gasteiger partial charge is 0.309 e. The second kappa shape index (κ2) is 11.2. The van der Waals surface area contributed by atoms with Gasteiger partial charge in [-0.05, 0) is 96.3 Å². The third-order valence-corrected chi connectivity index (χ3v) is 11.5. The summed E-state index contributed by atoms with van der Waals surface area (Å²) < 4.78 is 7.57. The van der Waals surface area contributed by atoms with Crippen molar-refractivity contribution < 1.29 is 0 Å². The van der Waals surface area contributed by atoms with Crippen LogP contribution in [0.5, 0.6) is 0 Å². The van der Waals surface area contributed by atoms with Crippen LogP contribution in [0.2, 0.25) is 0 Å². The molecule has 10 rings (SSSR count). The second-order valence-electron chi connectivity index (χ2n) is 13.2. The SMILES string of the molecule is CCCCc1ccc2sc3c(-n4c5ccccc5c5cc(-c6ccc7c(c6)c6ccccc6n7-c6ccccc6)ccc54)cccc3c2c1. The van der Waals surface area contributed by atoms with Crippen LogP contribution < -0.4 is 0 Å². The standard InChI is InChI=1S/C46H34N2S/c1-2-3-12-30-21-26-45-39(27-30)36-17-11-20-44(46(36)49-45)48-41-19-10-8-16-35(41)38-29-32(23-25-43(38)48)31-22-24-42-37(28-31)34-15-7-9-18-40(34)47(42)33-13-5-4-6-14-33/h4-11,13-29H,2-3,12H2,1H3. The minimum Gasteiger partial charge on any atom is -0.309 e. The molecule has 0 unspecified atom stereocenters. The van der Waals surface area contributed by atoms with Crippen molar-refractivity contribution in [1.29, 1.82) is 0 Å². The summed E-state index contributed by atoms with van der Waals surface area (Å²) in [5, 5.41) is 7.83. The fourth-order valence-corrected chi connectivity index (χ4v) is 9.15. The van der Waals surface area contributed by atoms with E-state index in [1.165, 1.54) is 105 Å². The first-order valence-electron chi connectivity index (χ1n) is 17.3. The lowest BCUT2D eigenvalue weighted by Crippen LogP contribution is -1.94. The number of nitrogens with zero attached hydrogens (tertiary/aromatic N) is 2. The number of thiophene rings is 1. The quantitative estimate of drug-likeness (QED) is 0.170. The molecule has 0 saturated heterocycles. The molecule has 0 amide bonds. The summed E-state index contributed by atoms with van der Waals surface area (Å²) >= 11 is 1.92. The summed E-state index contributed by atoms with van der Waals surface area (Å²) in [6.45, 7) is 2.27. The minimum absolute atomic E-state index is 1.14. The Labute approximate surface area is 289 Å². The van der Waals surface area contributed by atoms with Crippen molar-refractivity contribution in [1.82, 2.24) is 9.13 Å². The molecule has 0 saturated carbocycles. The number of para-hydroxylation sites is 3. The summed E-state index contributed by atoms with van der Waals surface area (Å²) in [6, 6.07) is 56.2. The molecule has 3 aromatic heterocycles. The highest BCUT2D eigenvalue weighted by molar-refractivity contribution is 7.26. The Morgan fingerprint density at radius 2 is 1.08 bits per heavy atom. The molecule has 10 aromatic rings. The van der Waals surface area contributed by atoms with Crippen molar-refractivity contribution in [3.63, 3.8) is 0 Å². The van der Waals surface area contributed by atoms with Crippen LogP contribution in [0, 0.1) is 0 Å². The zero-order valence-corrected chi connectivity index (χ0v) is 28.2. The predicted molar refractivity (Wildman–Crippen MR) is 212 cm³/mol. The molecule has 2 nitrogen and oxygen atoms in total. The Hall–Kier alpha value is -5.64. The Bertz CT molecular complexity index is 2870. The lowest BCUT2D eigenvalue weighted by Gasteiger charge is -2.10. The summed E-state index contributed by atoms with van der Waals surface area (Å²) in [7, 11) is 0. The maximum Gasteiger partial charge on any atom is 0.0640 e. The molecule has 0 atom stereocenters. The summed E-state index contributed by atoms with van der Waals surface area (Å²) in [6.07, 6.45) is 3.59. The molecule has 0 fully saturated rings. The van der Waals surface area contributed by atoms with Gasteiger partial charge in [0.1, 0.15) is 0 Å². The van der Waals surface area contributed by atoms with Crippen molar-refractivity contribution >= 4 is 75.1 Å². The summed E-state index contributed by atoms with van der Waals surface area (Å²) in [5.41, 5.74) is 11.3. The second-order valence-corrected chi connectivity index (χ2v) is 14.2. The van der Waals surface area contributed by atoms with Gasteiger partial charge in [-0.3, -0.25) is 0 Å². The van der Waals surface area contributed by atoms with Gasteiger partial charge in [-0.15, -0.1) is 11.3 Å². The lowest BCUT2D eigenvalue weighted by molar-refractivity contribution is 0.796. The van der Waals surface area contributed by atoms with Gasteiger partial charge in [0.25, 0.3) is 0 Å². The minimum atomic E-state index is 1.14. The van der Waals surface area contributed by atoms with Crippen molar-refractivity contribution in [2.24, 2.45) is 0 Å². The average molecular weight is 647 g/mol. The van der Waals surface area contributed by atoms with Crippen LogP contribution in [0.15, 0.2) is 152 Å². The van der Waals surface area contributed by atoms with Gasteiger partial charge < -0.3 is 9.13 Å². The molecule has 7 aromatic carbocycles. The molecular formula is C46H34N2S. The number of hydrogen-bond acceptors (Lipinski definition) is 1. The highest BCUT2D eigenvalue weighted by atomic mass is 32.1. The fraction of sp³-hybridized carbons (Fsp3) is 0.0870. The van der Waals surface area contributed by atoms with E-state index in [1.807, 2.05) is 11.3 Å². The smallest absolute Gasteiger partial charge is 0.0640 e. The molecule has 234 valence electrons. The molecule has 3 heterocycles. The maximum absolute atomic E-state index is 2.49. The summed E-state index contributed by atoms with van der Waals surface area (Å²) in [5.74, 6) is 0. The van der Waals surface area contributed by atoms with Gasteiger partial charge in [0.05, 0.1) is 32.5 Å². The van der Waals surface area contributed by atoms with Gasteiger partial charge in [-0.2, -0.15) is 0 Å². The van der Waals surface area contributed by atoms with Crippen LogP contribution in [-0.2, 0) is 6.42 Å². The van der Waals surface area contributed by atoms with Crippen molar-refractivity contribution in [2.75, 3.05) is 0 Å². The van der Waals surface area contributed by atoms with E-state index in [1.54, 1.807) is 0 Å². The molecule has 3 heteroatoms. The van der Waals surface area contributed by atoms with E-state index in [9.17, 15) is 0 Å².